The van der Waals surface area contributed by atoms with Crippen molar-refractivity contribution < 1.29 is 9.84 Å². The van der Waals surface area contributed by atoms with E-state index in [4.69, 9.17) is 4.74 Å². The molecule has 0 amide bonds. The van der Waals surface area contributed by atoms with E-state index in [0.29, 0.717) is 12.5 Å². The Kier molecular flexibility index (Phi) is 3.16. The molecule has 0 spiro atoms. The lowest BCUT2D eigenvalue weighted by Gasteiger charge is -2.33. The first-order valence-electron chi connectivity index (χ1n) is 7.12. The number of hydrogen-bond donors (Lipinski definition) is 1. The van der Waals surface area contributed by atoms with Gasteiger partial charge in [-0.15, -0.1) is 0 Å². The summed E-state index contributed by atoms with van der Waals surface area (Å²) in [6, 6.07) is 8.37. The highest BCUT2D eigenvalue weighted by Gasteiger charge is 2.50. The fraction of sp³-hybridized carbons (Fsp3) is 0.625. The van der Waals surface area contributed by atoms with E-state index in [-0.39, 0.29) is 0 Å². The lowest BCUT2D eigenvalue weighted by atomic mass is 9.79. The maximum atomic E-state index is 10.9. The molecule has 1 aromatic carbocycles. The monoisotopic (exact) mass is 246 g/mol. The van der Waals surface area contributed by atoms with Gasteiger partial charge >= 0.3 is 0 Å². The fourth-order valence-corrected chi connectivity index (χ4v) is 3.76. The normalized spacial score (nSPS) is 34.1. The van der Waals surface area contributed by atoms with Crippen LogP contribution in [-0.2, 0) is 16.9 Å². The van der Waals surface area contributed by atoms with E-state index in [1.54, 1.807) is 0 Å². The second kappa shape index (κ2) is 4.67. The Bertz CT molecular complexity index is 412. The molecule has 2 aliphatic rings. The molecule has 0 radical (unpaired) electrons. The van der Waals surface area contributed by atoms with Gasteiger partial charge in [-0.1, -0.05) is 24.3 Å². The highest BCUT2D eigenvalue weighted by atomic mass is 16.5. The second-order valence-electron chi connectivity index (χ2n) is 5.84. The molecule has 3 rings (SSSR count). The third kappa shape index (κ3) is 1.98. The van der Waals surface area contributed by atoms with Crippen molar-refractivity contribution >= 4 is 0 Å². The lowest BCUT2D eigenvalue weighted by molar-refractivity contribution is -0.0182. The predicted octanol–water partition coefficient (Wildman–Crippen LogP) is 3.23. The lowest BCUT2D eigenvalue weighted by Crippen LogP contribution is -2.32. The van der Waals surface area contributed by atoms with Gasteiger partial charge in [-0.05, 0) is 55.6 Å². The molecule has 2 saturated carbocycles. The Morgan fingerprint density at radius 1 is 1.28 bits per heavy atom. The largest absolute Gasteiger partial charge is 0.385 e. The van der Waals surface area contributed by atoms with Crippen LogP contribution in [-0.4, -0.2) is 11.7 Å². The zero-order valence-electron chi connectivity index (χ0n) is 11.1. The standard InChI is InChI=1S/C16H22O2/c1-2-18-11-12-3-6-14(7-4-12)16(17)10-13-5-8-15(16)9-13/h3-4,6-7,13,15,17H,2,5,8-11H2,1H3. The molecule has 18 heavy (non-hydrogen) atoms. The molecule has 1 aromatic rings. The first kappa shape index (κ1) is 12.2. The van der Waals surface area contributed by atoms with Gasteiger partial charge < -0.3 is 9.84 Å². The molecular formula is C16H22O2. The number of hydrogen-bond acceptors (Lipinski definition) is 2. The topological polar surface area (TPSA) is 29.5 Å². The summed E-state index contributed by atoms with van der Waals surface area (Å²) < 4.78 is 5.40. The van der Waals surface area contributed by atoms with Crippen LogP contribution in [0.1, 0.15) is 43.7 Å². The summed E-state index contributed by atoms with van der Waals surface area (Å²) in [6.45, 7) is 3.42. The molecule has 2 fully saturated rings. The Balaban J connectivity index is 1.76. The van der Waals surface area contributed by atoms with Crippen LogP contribution in [0, 0.1) is 11.8 Å². The Morgan fingerprint density at radius 3 is 2.61 bits per heavy atom. The van der Waals surface area contributed by atoms with Crippen LogP contribution in [0.15, 0.2) is 24.3 Å². The van der Waals surface area contributed by atoms with Gasteiger partial charge in [0.2, 0.25) is 0 Å². The SMILES string of the molecule is CCOCc1ccc(C2(O)CC3CCC2C3)cc1. The summed E-state index contributed by atoms with van der Waals surface area (Å²) in [6.07, 6.45) is 4.69. The van der Waals surface area contributed by atoms with E-state index in [0.717, 1.165) is 24.5 Å². The Morgan fingerprint density at radius 2 is 2.06 bits per heavy atom. The first-order chi connectivity index (χ1) is 8.72. The van der Waals surface area contributed by atoms with Crippen molar-refractivity contribution in [3.63, 3.8) is 0 Å². The Hall–Kier alpha value is -0.860. The highest BCUT2D eigenvalue weighted by Crippen LogP contribution is 2.55. The van der Waals surface area contributed by atoms with Crippen LogP contribution in [0.2, 0.25) is 0 Å². The fourth-order valence-electron chi connectivity index (χ4n) is 3.76. The third-order valence-electron chi connectivity index (χ3n) is 4.74. The summed E-state index contributed by atoms with van der Waals surface area (Å²) in [5, 5.41) is 10.9. The van der Waals surface area contributed by atoms with E-state index in [1.165, 1.54) is 24.8 Å². The van der Waals surface area contributed by atoms with Crippen molar-refractivity contribution in [3.05, 3.63) is 35.4 Å². The molecule has 2 bridgehead atoms. The number of fused-ring (bicyclic) bond motifs is 2. The van der Waals surface area contributed by atoms with Gasteiger partial charge in [0, 0.05) is 6.61 Å². The molecule has 2 nitrogen and oxygen atoms in total. The van der Waals surface area contributed by atoms with E-state index < -0.39 is 5.60 Å². The molecule has 2 heteroatoms. The van der Waals surface area contributed by atoms with Crippen LogP contribution < -0.4 is 0 Å². The van der Waals surface area contributed by atoms with Crippen LogP contribution >= 0.6 is 0 Å². The number of benzene rings is 1. The third-order valence-corrected chi connectivity index (χ3v) is 4.74. The molecule has 2 aliphatic carbocycles. The summed E-state index contributed by atoms with van der Waals surface area (Å²) in [5.74, 6) is 1.24. The molecule has 0 heterocycles. The van der Waals surface area contributed by atoms with E-state index in [2.05, 4.69) is 24.3 Å². The minimum absolute atomic E-state index is 0.486. The molecule has 98 valence electrons. The summed E-state index contributed by atoms with van der Waals surface area (Å²) in [5.41, 5.74) is 1.75. The molecule has 0 aliphatic heterocycles. The molecule has 3 atom stereocenters. The maximum absolute atomic E-state index is 10.9. The van der Waals surface area contributed by atoms with Crippen molar-refractivity contribution in [3.8, 4) is 0 Å². The van der Waals surface area contributed by atoms with Gasteiger partial charge in [0.1, 0.15) is 0 Å². The van der Waals surface area contributed by atoms with Gasteiger partial charge in [-0.3, -0.25) is 0 Å². The minimum atomic E-state index is -0.549. The van der Waals surface area contributed by atoms with Crippen LogP contribution in [0.5, 0.6) is 0 Å². The van der Waals surface area contributed by atoms with Gasteiger partial charge in [0.15, 0.2) is 0 Å². The van der Waals surface area contributed by atoms with E-state index in [9.17, 15) is 5.11 Å². The summed E-state index contributed by atoms with van der Waals surface area (Å²) in [4.78, 5) is 0. The average molecular weight is 246 g/mol. The summed E-state index contributed by atoms with van der Waals surface area (Å²) >= 11 is 0. The van der Waals surface area contributed by atoms with Crippen LogP contribution in [0.25, 0.3) is 0 Å². The van der Waals surface area contributed by atoms with Crippen molar-refractivity contribution in [2.24, 2.45) is 11.8 Å². The second-order valence-corrected chi connectivity index (χ2v) is 5.84. The molecule has 3 unspecified atom stereocenters. The Labute approximate surface area is 109 Å². The van der Waals surface area contributed by atoms with Crippen molar-refractivity contribution in [2.75, 3.05) is 6.61 Å². The molecular weight excluding hydrogens is 224 g/mol. The molecule has 0 aromatic heterocycles. The van der Waals surface area contributed by atoms with Crippen molar-refractivity contribution in [1.82, 2.24) is 0 Å². The average Bonchev–Trinajstić information content (AvgIpc) is 2.97. The number of rotatable bonds is 4. The molecule has 1 N–H and O–H groups in total. The van der Waals surface area contributed by atoms with Gasteiger partial charge in [0.25, 0.3) is 0 Å². The minimum Gasteiger partial charge on any atom is -0.385 e. The van der Waals surface area contributed by atoms with Gasteiger partial charge in [-0.2, -0.15) is 0 Å². The van der Waals surface area contributed by atoms with Crippen molar-refractivity contribution in [2.45, 2.75) is 44.8 Å². The first-order valence-corrected chi connectivity index (χ1v) is 7.12. The van der Waals surface area contributed by atoms with Gasteiger partial charge in [0.05, 0.1) is 12.2 Å². The summed E-state index contributed by atoms with van der Waals surface area (Å²) in [7, 11) is 0. The van der Waals surface area contributed by atoms with Gasteiger partial charge in [-0.25, -0.2) is 0 Å². The zero-order chi connectivity index (χ0) is 12.6. The number of aliphatic hydroxyl groups is 1. The van der Waals surface area contributed by atoms with E-state index in [1.807, 2.05) is 6.92 Å². The van der Waals surface area contributed by atoms with Crippen LogP contribution in [0.3, 0.4) is 0 Å². The van der Waals surface area contributed by atoms with Crippen molar-refractivity contribution in [1.29, 1.82) is 0 Å². The smallest absolute Gasteiger partial charge is 0.0927 e. The predicted molar refractivity (Wildman–Crippen MR) is 71.1 cm³/mol. The molecule has 0 saturated heterocycles. The highest BCUT2D eigenvalue weighted by molar-refractivity contribution is 5.29. The van der Waals surface area contributed by atoms with Crippen LogP contribution in [0.4, 0.5) is 0 Å². The quantitative estimate of drug-likeness (QED) is 0.883. The van der Waals surface area contributed by atoms with E-state index >= 15 is 0 Å². The zero-order valence-corrected chi connectivity index (χ0v) is 11.1. The number of ether oxygens (including phenoxy) is 1. The maximum Gasteiger partial charge on any atom is 0.0927 e.